The number of pyridine rings is 2. The fraction of sp³-hybridized carbons (Fsp3) is 0.130. The zero-order chi connectivity index (χ0) is 18.8. The van der Waals surface area contributed by atoms with Crippen LogP contribution in [0.4, 0.5) is 5.69 Å². The van der Waals surface area contributed by atoms with Gasteiger partial charge in [0, 0.05) is 35.2 Å². The molecule has 4 rings (SSSR count). The van der Waals surface area contributed by atoms with E-state index >= 15 is 0 Å². The van der Waals surface area contributed by atoms with Crippen LogP contribution in [0.2, 0.25) is 0 Å². The first-order valence-corrected chi connectivity index (χ1v) is 8.94. The number of nitrogens with one attached hydrogen (secondary N) is 1. The van der Waals surface area contributed by atoms with Crippen LogP contribution in [0.5, 0.6) is 5.75 Å². The standard InChI is InChI=1S/C23H21N3O/c1-15-5-7-19(14-16(15)2)26-21(18-9-12-24-13-10-18)20-8-6-17-4-3-11-25-22(17)23(20)27/h3-14,21,26-27H,1-2H3. The normalized spacial score (nSPS) is 12.1. The van der Waals surface area contributed by atoms with Gasteiger partial charge in [0.1, 0.15) is 11.3 Å². The molecule has 134 valence electrons. The number of hydrogen-bond donors (Lipinski definition) is 2. The Hall–Kier alpha value is -3.40. The van der Waals surface area contributed by atoms with Crippen LogP contribution < -0.4 is 5.32 Å². The Labute approximate surface area is 158 Å². The molecule has 0 saturated heterocycles. The fourth-order valence-corrected chi connectivity index (χ4v) is 3.27. The summed E-state index contributed by atoms with van der Waals surface area (Å²) in [7, 11) is 0. The first-order chi connectivity index (χ1) is 13.1. The molecule has 4 nitrogen and oxygen atoms in total. The van der Waals surface area contributed by atoms with Gasteiger partial charge in [0.2, 0.25) is 0 Å². The van der Waals surface area contributed by atoms with Crippen LogP contribution in [-0.4, -0.2) is 15.1 Å². The third-order valence-electron chi connectivity index (χ3n) is 4.95. The third-order valence-corrected chi connectivity index (χ3v) is 4.95. The molecule has 0 spiro atoms. The zero-order valence-electron chi connectivity index (χ0n) is 15.3. The van der Waals surface area contributed by atoms with Crippen LogP contribution >= 0.6 is 0 Å². The minimum Gasteiger partial charge on any atom is -0.505 e. The number of aromatic nitrogens is 2. The van der Waals surface area contributed by atoms with E-state index in [1.807, 2.05) is 36.4 Å². The molecular formula is C23H21N3O. The molecule has 0 aliphatic rings. The van der Waals surface area contributed by atoms with Crippen LogP contribution in [0.3, 0.4) is 0 Å². The van der Waals surface area contributed by atoms with Crippen molar-refractivity contribution >= 4 is 16.6 Å². The number of phenolic OH excluding ortho intramolecular Hbond substituents is 1. The molecule has 0 amide bonds. The second kappa shape index (κ2) is 7.08. The van der Waals surface area contributed by atoms with Crippen molar-refractivity contribution in [2.75, 3.05) is 5.32 Å². The highest BCUT2D eigenvalue weighted by molar-refractivity contribution is 5.86. The summed E-state index contributed by atoms with van der Waals surface area (Å²) in [6.07, 6.45) is 5.23. The van der Waals surface area contributed by atoms with Gasteiger partial charge < -0.3 is 10.4 Å². The number of nitrogens with zero attached hydrogens (tertiary/aromatic N) is 2. The van der Waals surface area contributed by atoms with Gasteiger partial charge >= 0.3 is 0 Å². The van der Waals surface area contributed by atoms with Crippen LogP contribution in [0.15, 0.2) is 73.2 Å². The molecule has 1 unspecified atom stereocenters. The summed E-state index contributed by atoms with van der Waals surface area (Å²) in [5, 5.41) is 15.4. The van der Waals surface area contributed by atoms with Gasteiger partial charge in [-0.25, -0.2) is 0 Å². The van der Waals surface area contributed by atoms with Crippen molar-refractivity contribution in [1.82, 2.24) is 9.97 Å². The Bertz CT molecular complexity index is 1090. The minimum atomic E-state index is -0.221. The van der Waals surface area contributed by atoms with E-state index in [2.05, 4.69) is 47.3 Å². The summed E-state index contributed by atoms with van der Waals surface area (Å²) in [6.45, 7) is 4.19. The van der Waals surface area contributed by atoms with E-state index in [1.165, 1.54) is 11.1 Å². The highest BCUT2D eigenvalue weighted by atomic mass is 16.3. The summed E-state index contributed by atoms with van der Waals surface area (Å²) in [6, 6.07) is 17.8. The second-order valence-electron chi connectivity index (χ2n) is 6.74. The number of hydrogen-bond acceptors (Lipinski definition) is 4. The minimum absolute atomic E-state index is 0.200. The quantitative estimate of drug-likeness (QED) is 0.531. The Kier molecular flexibility index (Phi) is 4.47. The average Bonchev–Trinajstić information content (AvgIpc) is 2.70. The number of benzene rings is 2. The monoisotopic (exact) mass is 355 g/mol. The summed E-state index contributed by atoms with van der Waals surface area (Å²) < 4.78 is 0. The first kappa shape index (κ1) is 17.0. The van der Waals surface area contributed by atoms with Crippen LogP contribution in [0, 0.1) is 13.8 Å². The summed E-state index contributed by atoms with van der Waals surface area (Å²) >= 11 is 0. The molecule has 27 heavy (non-hydrogen) atoms. The lowest BCUT2D eigenvalue weighted by atomic mass is 9.96. The molecule has 4 aromatic rings. The van der Waals surface area contributed by atoms with Gasteiger partial charge in [0.15, 0.2) is 0 Å². The largest absolute Gasteiger partial charge is 0.505 e. The fourth-order valence-electron chi connectivity index (χ4n) is 3.27. The molecular weight excluding hydrogens is 334 g/mol. The SMILES string of the molecule is Cc1ccc(NC(c2ccncc2)c2ccc3cccnc3c2O)cc1C. The van der Waals surface area contributed by atoms with Gasteiger partial charge in [0.05, 0.1) is 6.04 Å². The molecule has 0 radical (unpaired) electrons. The maximum absolute atomic E-state index is 10.9. The molecule has 0 saturated carbocycles. The van der Waals surface area contributed by atoms with E-state index in [4.69, 9.17) is 0 Å². The molecule has 4 heteroatoms. The van der Waals surface area contributed by atoms with Crippen molar-refractivity contribution in [3.63, 3.8) is 0 Å². The Morgan fingerprint density at radius 2 is 1.70 bits per heavy atom. The zero-order valence-corrected chi connectivity index (χ0v) is 15.3. The molecule has 2 aromatic carbocycles. The van der Waals surface area contributed by atoms with Crippen molar-refractivity contribution in [2.24, 2.45) is 0 Å². The molecule has 0 bridgehead atoms. The van der Waals surface area contributed by atoms with Crippen molar-refractivity contribution in [3.05, 3.63) is 95.4 Å². The van der Waals surface area contributed by atoms with Gasteiger partial charge in [-0.15, -0.1) is 0 Å². The maximum Gasteiger partial charge on any atom is 0.147 e. The van der Waals surface area contributed by atoms with Crippen molar-refractivity contribution in [1.29, 1.82) is 0 Å². The average molecular weight is 355 g/mol. The number of phenols is 1. The Morgan fingerprint density at radius 3 is 2.48 bits per heavy atom. The molecule has 2 heterocycles. The summed E-state index contributed by atoms with van der Waals surface area (Å²) in [4.78, 5) is 8.48. The van der Waals surface area contributed by atoms with Crippen LogP contribution in [0.25, 0.3) is 10.9 Å². The van der Waals surface area contributed by atoms with Gasteiger partial charge in [-0.05, 0) is 60.9 Å². The summed E-state index contributed by atoms with van der Waals surface area (Å²) in [5.74, 6) is 0.200. The topological polar surface area (TPSA) is 58.0 Å². The predicted octanol–water partition coefficient (Wildman–Crippen LogP) is 5.15. The van der Waals surface area contributed by atoms with Gasteiger partial charge in [-0.2, -0.15) is 0 Å². The molecule has 2 aromatic heterocycles. The van der Waals surface area contributed by atoms with Crippen LogP contribution in [0.1, 0.15) is 28.3 Å². The number of rotatable bonds is 4. The van der Waals surface area contributed by atoms with Crippen LogP contribution in [-0.2, 0) is 0 Å². The molecule has 0 aliphatic carbocycles. The predicted molar refractivity (Wildman–Crippen MR) is 109 cm³/mol. The maximum atomic E-state index is 10.9. The lowest BCUT2D eigenvalue weighted by molar-refractivity contribution is 0.472. The Balaban J connectivity index is 1.83. The highest BCUT2D eigenvalue weighted by Crippen LogP contribution is 2.36. The third kappa shape index (κ3) is 3.34. The molecule has 1 atom stereocenters. The number of anilines is 1. The smallest absolute Gasteiger partial charge is 0.147 e. The lowest BCUT2D eigenvalue weighted by Crippen LogP contribution is -2.13. The lowest BCUT2D eigenvalue weighted by Gasteiger charge is -2.23. The van der Waals surface area contributed by atoms with E-state index in [9.17, 15) is 5.11 Å². The molecule has 0 aliphatic heterocycles. The van der Waals surface area contributed by atoms with Crippen molar-refractivity contribution in [3.8, 4) is 5.75 Å². The van der Waals surface area contributed by atoms with E-state index < -0.39 is 0 Å². The van der Waals surface area contributed by atoms with E-state index in [0.717, 1.165) is 22.2 Å². The van der Waals surface area contributed by atoms with E-state index in [-0.39, 0.29) is 11.8 Å². The van der Waals surface area contributed by atoms with E-state index in [1.54, 1.807) is 18.6 Å². The molecule has 0 fully saturated rings. The van der Waals surface area contributed by atoms with Gasteiger partial charge in [0.25, 0.3) is 0 Å². The highest BCUT2D eigenvalue weighted by Gasteiger charge is 2.20. The number of aromatic hydroxyl groups is 1. The van der Waals surface area contributed by atoms with Crippen molar-refractivity contribution in [2.45, 2.75) is 19.9 Å². The number of fused-ring (bicyclic) bond motifs is 1. The number of aryl methyl sites for hydroxylation is 2. The van der Waals surface area contributed by atoms with Gasteiger partial charge in [-0.1, -0.05) is 24.3 Å². The second-order valence-corrected chi connectivity index (χ2v) is 6.74. The molecule has 2 N–H and O–H groups in total. The van der Waals surface area contributed by atoms with Crippen molar-refractivity contribution < 1.29 is 5.11 Å². The van der Waals surface area contributed by atoms with Gasteiger partial charge in [-0.3, -0.25) is 9.97 Å². The first-order valence-electron chi connectivity index (χ1n) is 8.94. The summed E-state index contributed by atoms with van der Waals surface area (Å²) in [5.41, 5.74) is 5.88. The van der Waals surface area contributed by atoms with E-state index in [0.29, 0.717) is 5.52 Å². The Morgan fingerprint density at radius 1 is 0.889 bits per heavy atom.